The maximum atomic E-state index is 11.7. The lowest BCUT2D eigenvalue weighted by atomic mass is 10.0. The molecule has 0 bridgehead atoms. The molecule has 0 aliphatic carbocycles. The summed E-state index contributed by atoms with van der Waals surface area (Å²) in [5.74, 6) is 0.184. The highest BCUT2D eigenvalue weighted by atomic mass is 32.2. The molecule has 188 valence electrons. The third kappa shape index (κ3) is 23.3. The molecule has 0 aromatic carbocycles. The van der Waals surface area contributed by atoms with E-state index in [9.17, 15) is 13.8 Å². The van der Waals surface area contributed by atoms with Crippen LogP contribution in [-0.4, -0.2) is 32.5 Å². The van der Waals surface area contributed by atoms with Gasteiger partial charge in [0.1, 0.15) is 16.6 Å². The Hall–Kier alpha value is -1.37. The van der Waals surface area contributed by atoms with Crippen molar-refractivity contribution in [1.82, 2.24) is 4.72 Å². The number of aliphatic hydroxyl groups is 1. The molecule has 1 atom stereocenters. The van der Waals surface area contributed by atoms with Crippen LogP contribution in [-0.2, 0) is 25.3 Å². The lowest BCUT2D eigenvalue weighted by molar-refractivity contribution is -0.154. The van der Waals surface area contributed by atoms with Crippen LogP contribution in [0.2, 0.25) is 0 Å². The SMILES string of the molecule is C=C(O)CCCS(=O)NC(=O)CCCCCCCCCCCCCCC(=O)OC(C)(C)C. The highest BCUT2D eigenvalue weighted by molar-refractivity contribution is 7.83. The average Bonchev–Trinajstić information content (AvgIpc) is 2.66. The molecule has 0 heterocycles. The summed E-state index contributed by atoms with van der Waals surface area (Å²) in [7, 11) is -1.36. The van der Waals surface area contributed by atoms with E-state index in [1.165, 1.54) is 44.9 Å². The average molecular weight is 474 g/mol. The van der Waals surface area contributed by atoms with Gasteiger partial charge in [-0.25, -0.2) is 4.21 Å². The van der Waals surface area contributed by atoms with Gasteiger partial charge in [0.05, 0.1) is 5.76 Å². The fourth-order valence-electron chi connectivity index (χ4n) is 3.35. The van der Waals surface area contributed by atoms with Crippen molar-refractivity contribution in [2.45, 2.75) is 129 Å². The first kappa shape index (κ1) is 30.6. The molecule has 0 saturated carbocycles. The molecular weight excluding hydrogens is 426 g/mol. The molecule has 32 heavy (non-hydrogen) atoms. The van der Waals surface area contributed by atoms with Crippen molar-refractivity contribution in [2.75, 3.05) is 5.75 Å². The van der Waals surface area contributed by atoms with Crippen LogP contribution in [0, 0.1) is 0 Å². The van der Waals surface area contributed by atoms with E-state index in [-0.39, 0.29) is 23.2 Å². The van der Waals surface area contributed by atoms with Crippen LogP contribution < -0.4 is 4.72 Å². The predicted molar refractivity (Wildman–Crippen MR) is 133 cm³/mol. The van der Waals surface area contributed by atoms with Gasteiger partial charge in [0.25, 0.3) is 0 Å². The smallest absolute Gasteiger partial charge is 0.306 e. The second kappa shape index (κ2) is 19.1. The molecule has 0 radical (unpaired) electrons. The van der Waals surface area contributed by atoms with Crippen LogP contribution in [0.1, 0.15) is 124 Å². The van der Waals surface area contributed by atoms with Crippen molar-refractivity contribution >= 4 is 22.9 Å². The Balaban J connectivity index is 3.35. The third-order valence-corrected chi connectivity index (χ3v) is 6.09. The molecule has 0 aromatic rings. The summed E-state index contributed by atoms with van der Waals surface area (Å²) in [5.41, 5.74) is -0.384. The molecule has 1 amide bonds. The zero-order valence-corrected chi connectivity index (χ0v) is 21.5. The first-order valence-corrected chi connectivity index (χ1v) is 13.7. The van der Waals surface area contributed by atoms with Gasteiger partial charge in [-0.2, -0.15) is 0 Å². The lowest BCUT2D eigenvalue weighted by Gasteiger charge is -2.19. The van der Waals surface area contributed by atoms with E-state index >= 15 is 0 Å². The Kier molecular flexibility index (Phi) is 18.3. The first-order chi connectivity index (χ1) is 15.1. The van der Waals surface area contributed by atoms with Gasteiger partial charge in [0.15, 0.2) is 0 Å². The van der Waals surface area contributed by atoms with Gasteiger partial charge < -0.3 is 9.84 Å². The Morgan fingerprint density at radius 1 is 0.781 bits per heavy atom. The molecule has 0 spiro atoms. The van der Waals surface area contributed by atoms with E-state index in [0.717, 1.165) is 32.1 Å². The third-order valence-electron chi connectivity index (χ3n) is 4.98. The molecule has 7 heteroatoms. The number of esters is 1. The van der Waals surface area contributed by atoms with Gasteiger partial charge >= 0.3 is 5.97 Å². The minimum absolute atomic E-state index is 0.0838. The van der Waals surface area contributed by atoms with E-state index in [4.69, 9.17) is 9.84 Å². The highest BCUT2D eigenvalue weighted by Crippen LogP contribution is 2.14. The molecule has 0 aliphatic rings. The first-order valence-electron chi connectivity index (χ1n) is 12.4. The van der Waals surface area contributed by atoms with Crippen LogP contribution in [0.3, 0.4) is 0 Å². The molecule has 0 saturated heterocycles. The standard InChI is InChI=1S/C25H47NO5S/c1-22(27)18-17-21-32(30)26-23(28)19-15-13-11-9-7-5-6-8-10-12-14-16-20-24(29)31-25(2,3)4/h27H,1,5-21H2,2-4H3,(H,26,28). The second-order valence-electron chi connectivity index (χ2n) is 9.57. The summed E-state index contributed by atoms with van der Waals surface area (Å²) in [6.07, 6.45) is 15.6. The Morgan fingerprint density at radius 2 is 1.22 bits per heavy atom. The summed E-state index contributed by atoms with van der Waals surface area (Å²) in [5, 5.41) is 8.98. The number of ether oxygens (including phenoxy) is 1. The second-order valence-corrected chi connectivity index (χ2v) is 10.9. The van der Waals surface area contributed by atoms with Gasteiger partial charge in [0, 0.05) is 25.0 Å². The van der Waals surface area contributed by atoms with Crippen LogP contribution in [0.15, 0.2) is 12.3 Å². The number of rotatable bonds is 20. The quantitative estimate of drug-likeness (QED) is 0.121. The van der Waals surface area contributed by atoms with Crippen LogP contribution in [0.25, 0.3) is 0 Å². The van der Waals surface area contributed by atoms with Crippen LogP contribution in [0.5, 0.6) is 0 Å². The van der Waals surface area contributed by atoms with Crippen molar-refractivity contribution in [3.63, 3.8) is 0 Å². The number of allylic oxidation sites excluding steroid dienone is 1. The normalized spacial score (nSPS) is 12.3. The molecule has 0 fully saturated rings. The van der Waals surface area contributed by atoms with E-state index in [2.05, 4.69) is 11.3 Å². The van der Waals surface area contributed by atoms with E-state index in [0.29, 0.717) is 31.4 Å². The van der Waals surface area contributed by atoms with Crippen molar-refractivity contribution in [3.05, 3.63) is 12.3 Å². The summed E-state index contributed by atoms with van der Waals surface area (Å²) < 4.78 is 19.5. The molecular formula is C25H47NO5S. The number of hydrogen-bond donors (Lipinski definition) is 2. The van der Waals surface area contributed by atoms with Gasteiger partial charge in [-0.3, -0.25) is 14.3 Å². The minimum atomic E-state index is -1.36. The highest BCUT2D eigenvalue weighted by Gasteiger charge is 2.15. The van der Waals surface area contributed by atoms with Gasteiger partial charge in [0.2, 0.25) is 5.91 Å². The number of carbonyl (C=O) groups excluding carboxylic acids is 2. The maximum Gasteiger partial charge on any atom is 0.306 e. The predicted octanol–water partition coefficient (Wildman–Crippen LogP) is 6.42. The topological polar surface area (TPSA) is 92.7 Å². The zero-order chi connectivity index (χ0) is 24.2. The number of nitrogens with one attached hydrogen (secondary N) is 1. The van der Waals surface area contributed by atoms with E-state index < -0.39 is 11.0 Å². The van der Waals surface area contributed by atoms with Crippen molar-refractivity contribution < 1.29 is 23.6 Å². The number of carbonyl (C=O) groups is 2. The summed E-state index contributed by atoms with van der Waals surface area (Å²) in [4.78, 5) is 23.4. The largest absolute Gasteiger partial charge is 0.513 e. The maximum absolute atomic E-state index is 11.7. The van der Waals surface area contributed by atoms with Crippen LogP contribution in [0.4, 0.5) is 0 Å². The number of unbranched alkanes of at least 4 members (excludes halogenated alkanes) is 11. The minimum Gasteiger partial charge on any atom is -0.513 e. The van der Waals surface area contributed by atoms with Crippen molar-refractivity contribution in [3.8, 4) is 0 Å². The Bertz CT molecular complexity index is 557. The molecule has 0 aliphatic heterocycles. The number of hydrogen-bond acceptors (Lipinski definition) is 5. The fourth-order valence-corrected chi connectivity index (χ4v) is 4.22. The molecule has 6 nitrogen and oxygen atoms in total. The summed E-state index contributed by atoms with van der Waals surface area (Å²) >= 11 is 0. The van der Waals surface area contributed by atoms with E-state index in [1.54, 1.807) is 0 Å². The number of amides is 1. The molecule has 0 aromatic heterocycles. The zero-order valence-electron chi connectivity index (χ0n) is 20.7. The summed E-state index contributed by atoms with van der Waals surface area (Å²) in [6.45, 7) is 9.08. The summed E-state index contributed by atoms with van der Waals surface area (Å²) in [6, 6.07) is 0. The van der Waals surface area contributed by atoms with E-state index in [1.807, 2.05) is 20.8 Å². The molecule has 0 rings (SSSR count). The van der Waals surface area contributed by atoms with Gasteiger partial charge in [-0.1, -0.05) is 70.8 Å². The number of aliphatic hydroxyl groups excluding tert-OH is 1. The van der Waals surface area contributed by atoms with Crippen molar-refractivity contribution in [2.24, 2.45) is 0 Å². The molecule has 2 N–H and O–H groups in total. The Morgan fingerprint density at radius 3 is 1.66 bits per heavy atom. The fraction of sp³-hybridized carbons (Fsp3) is 0.840. The lowest BCUT2D eigenvalue weighted by Crippen LogP contribution is -2.27. The van der Waals surface area contributed by atoms with Gasteiger partial charge in [-0.15, -0.1) is 0 Å². The molecule has 1 unspecified atom stereocenters. The van der Waals surface area contributed by atoms with Gasteiger partial charge in [-0.05, 0) is 40.0 Å². The Labute approximate surface area is 198 Å². The van der Waals surface area contributed by atoms with Crippen molar-refractivity contribution in [1.29, 1.82) is 0 Å². The monoisotopic (exact) mass is 473 g/mol. The van der Waals surface area contributed by atoms with Crippen LogP contribution >= 0.6 is 0 Å².